The molecule has 94 valence electrons. The van der Waals surface area contributed by atoms with Crippen molar-refractivity contribution < 1.29 is 4.74 Å². The third-order valence-corrected chi connectivity index (χ3v) is 2.85. The van der Waals surface area contributed by atoms with E-state index >= 15 is 0 Å². The molecule has 0 aliphatic heterocycles. The Bertz CT molecular complexity index is 487. The molecule has 18 heavy (non-hydrogen) atoms. The number of rotatable bonds is 5. The van der Waals surface area contributed by atoms with E-state index in [1.807, 2.05) is 30.3 Å². The van der Waals surface area contributed by atoms with Crippen molar-refractivity contribution in [1.29, 1.82) is 0 Å². The number of nitrogens with two attached hydrogens (primary N) is 1. The van der Waals surface area contributed by atoms with Crippen molar-refractivity contribution in [3.63, 3.8) is 0 Å². The van der Waals surface area contributed by atoms with E-state index in [-0.39, 0.29) is 6.04 Å². The molecule has 0 aliphatic rings. The van der Waals surface area contributed by atoms with Crippen LogP contribution in [0.4, 0.5) is 0 Å². The van der Waals surface area contributed by atoms with Gasteiger partial charge in [-0.25, -0.2) is 4.98 Å². The van der Waals surface area contributed by atoms with Gasteiger partial charge in [0.25, 0.3) is 0 Å². The first-order chi connectivity index (χ1) is 8.85. The number of methoxy groups -OCH3 is 1. The zero-order valence-corrected chi connectivity index (χ0v) is 10.3. The minimum absolute atomic E-state index is 0.0175. The van der Waals surface area contributed by atoms with E-state index in [1.54, 1.807) is 13.3 Å². The van der Waals surface area contributed by atoms with Crippen LogP contribution in [0.2, 0.25) is 0 Å². The summed E-state index contributed by atoms with van der Waals surface area (Å²) in [5, 5.41) is 0. The van der Waals surface area contributed by atoms with E-state index in [4.69, 9.17) is 10.6 Å². The summed E-state index contributed by atoms with van der Waals surface area (Å²) >= 11 is 0. The third-order valence-electron chi connectivity index (χ3n) is 2.85. The van der Waals surface area contributed by atoms with Crippen molar-refractivity contribution in [2.45, 2.75) is 12.5 Å². The Kier molecular flexibility index (Phi) is 4.28. The summed E-state index contributed by atoms with van der Waals surface area (Å²) in [5.74, 6) is 6.25. The van der Waals surface area contributed by atoms with E-state index in [1.165, 1.54) is 5.56 Å². The number of benzene rings is 1. The number of aromatic nitrogens is 1. The van der Waals surface area contributed by atoms with Crippen molar-refractivity contribution in [2.75, 3.05) is 7.11 Å². The molecule has 4 nitrogen and oxygen atoms in total. The van der Waals surface area contributed by atoms with Gasteiger partial charge < -0.3 is 4.74 Å². The lowest BCUT2D eigenvalue weighted by molar-refractivity contribution is 0.382. The third kappa shape index (κ3) is 2.85. The highest BCUT2D eigenvalue weighted by molar-refractivity contribution is 5.30. The molecule has 1 atom stereocenters. The molecular formula is C14H17N3O. The summed E-state index contributed by atoms with van der Waals surface area (Å²) in [7, 11) is 1.61. The molecule has 1 aromatic heterocycles. The first-order valence-corrected chi connectivity index (χ1v) is 5.84. The van der Waals surface area contributed by atoms with Crippen LogP contribution in [0, 0.1) is 0 Å². The Hall–Kier alpha value is -1.91. The van der Waals surface area contributed by atoms with Gasteiger partial charge in [0.1, 0.15) is 0 Å². The molecule has 0 fully saturated rings. The van der Waals surface area contributed by atoms with Gasteiger partial charge in [0.15, 0.2) is 0 Å². The number of nitrogens with zero attached hydrogens (tertiary/aromatic N) is 1. The molecular weight excluding hydrogens is 226 g/mol. The molecule has 0 spiro atoms. The quantitative estimate of drug-likeness (QED) is 0.621. The molecule has 1 unspecified atom stereocenters. The molecule has 1 heterocycles. The van der Waals surface area contributed by atoms with Crippen LogP contribution >= 0.6 is 0 Å². The van der Waals surface area contributed by atoms with Gasteiger partial charge in [0, 0.05) is 11.8 Å². The van der Waals surface area contributed by atoms with Crippen LogP contribution in [0.25, 0.3) is 0 Å². The van der Waals surface area contributed by atoms with Crippen molar-refractivity contribution >= 4 is 0 Å². The van der Waals surface area contributed by atoms with Gasteiger partial charge in [-0.15, -0.1) is 0 Å². The highest BCUT2D eigenvalue weighted by Gasteiger charge is 2.15. The van der Waals surface area contributed by atoms with E-state index in [2.05, 4.69) is 22.5 Å². The summed E-state index contributed by atoms with van der Waals surface area (Å²) < 4.78 is 5.26. The van der Waals surface area contributed by atoms with Crippen LogP contribution in [0.3, 0.4) is 0 Å². The maximum atomic E-state index is 5.64. The maximum Gasteiger partial charge on any atom is 0.217 e. The van der Waals surface area contributed by atoms with Crippen molar-refractivity contribution in [2.24, 2.45) is 5.84 Å². The van der Waals surface area contributed by atoms with Crippen LogP contribution in [0.5, 0.6) is 5.88 Å². The fourth-order valence-electron chi connectivity index (χ4n) is 1.95. The Morgan fingerprint density at radius 3 is 2.67 bits per heavy atom. The minimum atomic E-state index is -0.0175. The largest absolute Gasteiger partial charge is 0.481 e. The standard InChI is InChI=1S/C14H17N3O/c1-18-14-12(8-5-9-16-14)13(17-15)10-11-6-3-2-4-7-11/h2-9,13,17H,10,15H2,1H3. The lowest BCUT2D eigenvalue weighted by Crippen LogP contribution is -2.30. The van der Waals surface area contributed by atoms with Crippen LogP contribution in [0.15, 0.2) is 48.7 Å². The number of hydrazine groups is 1. The summed E-state index contributed by atoms with van der Waals surface area (Å²) in [6, 6.07) is 14.0. The first kappa shape index (κ1) is 12.5. The van der Waals surface area contributed by atoms with E-state index in [0.717, 1.165) is 12.0 Å². The predicted octanol–water partition coefficient (Wildman–Crippen LogP) is 1.84. The smallest absolute Gasteiger partial charge is 0.217 e. The lowest BCUT2D eigenvalue weighted by Gasteiger charge is -2.18. The monoisotopic (exact) mass is 243 g/mol. The van der Waals surface area contributed by atoms with Gasteiger partial charge in [-0.2, -0.15) is 0 Å². The van der Waals surface area contributed by atoms with Crippen molar-refractivity contribution in [3.05, 3.63) is 59.8 Å². The maximum absolute atomic E-state index is 5.64. The molecule has 2 rings (SSSR count). The molecule has 4 heteroatoms. The zero-order chi connectivity index (χ0) is 12.8. The van der Waals surface area contributed by atoms with Crippen LogP contribution < -0.4 is 16.0 Å². The zero-order valence-electron chi connectivity index (χ0n) is 10.3. The van der Waals surface area contributed by atoms with Crippen molar-refractivity contribution in [1.82, 2.24) is 10.4 Å². The highest BCUT2D eigenvalue weighted by atomic mass is 16.5. The Morgan fingerprint density at radius 1 is 1.22 bits per heavy atom. The Labute approximate surface area is 107 Å². The first-order valence-electron chi connectivity index (χ1n) is 5.84. The Balaban J connectivity index is 2.23. The summed E-state index contributed by atoms with van der Waals surface area (Å²) in [4.78, 5) is 4.19. The number of ether oxygens (including phenoxy) is 1. The second-order valence-corrected chi connectivity index (χ2v) is 4.01. The molecule has 2 aromatic rings. The van der Waals surface area contributed by atoms with Crippen LogP contribution in [-0.4, -0.2) is 12.1 Å². The predicted molar refractivity (Wildman–Crippen MR) is 71.0 cm³/mol. The second kappa shape index (κ2) is 6.14. The average molecular weight is 243 g/mol. The van der Waals surface area contributed by atoms with E-state index < -0.39 is 0 Å². The molecule has 0 bridgehead atoms. The topological polar surface area (TPSA) is 60.2 Å². The molecule has 1 aromatic carbocycles. The van der Waals surface area contributed by atoms with Gasteiger partial charge >= 0.3 is 0 Å². The average Bonchev–Trinajstić information content (AvgIpc) is 2.46. The number of pyridine rings is 1. The van der Waals surface area contributed by atoms with Gasteiger partial charge in [0.2, 0.25) is 5.88 Å². The molecule has 0 aliphatic carbocycles. The number of hydrogen-bond acceptors (Lipinski definition) is 4. The van der Waals surface area contributed by atoms with Crippen molar-refractivity contribution in [3.8, 4) is 5.88 Å². The van der Waals surface area contributed by atoms with Gasteiger partial charge in [-0.1, -0.05) is 36.4 Å². The summed E-state index contributed by atoms with van der Waals surface area (Å²) in [6.45, 7) is 0. The van der Waals surface area contributed by atoms with Gasteiger partial charge in [-0.05, 0) is 18.1 Å². The van der Waals surface area contributed by atoms with Crippen LogP contribution in [-0.2, 0) is 6.42 Å². The van der Waals surface area contributed by atoms with Gasteiger partial charge in [-0.3, -0.25) is 11.3 Å². The van der Waals surface area contributed by atoms with E-state index in [9.17, 15) is 0 Å². The van der Waals surface area contributed by atoms with E-state index in [0.29, 0.717) is 5.88 Å². The summed E-state index contributed by atoms with van der Waals surface area (Å²) in [6.07, 6.45) is 2.50. The highest BCUT2D eigenvalue weighted by Crippen LogP contribution is 2.24. The number of nitrogens with one attached hydrogen (secondary N) is 1. The molecule has 0 radical (unpaired) electrons. The number of hydrogen-bond donors (Lipinski definition) is 2. The fourth-order valence-corrected chi connectivity index (χ4v) is 1.95. The molecule has 0 amide bonds. The van der Waals surface area contributed by atoms with Gasteiger partial charge in [0.05, 0.1) is 13.2 Å². The fraction of sp³-hybridized carbons (Fsp3) is 0.214. The lowest BCUT2D eigenvalue weighted by atomic mass is 10.0. The molecule has 0 saturated carbocycles. The summed E-state index contributed by atoms with van der Waals surface area (Å²) in [5.41, 5.74) is 5.00. The minimum Gasteiger partial charge on any atom is -0.481 e. The molecule has 3 N–H and O–H groups in total. The Morgan fingerprint density at radius 2 is 2.00 bits per heavy atom. The normalized spacial score (nSPS) is 12.1. The van der Waals surface area contributed by atoms with Crippen LogP contribution in [0.1, 0.15) is 17.2 Å². The second-order valence-electron chi connectivity index (χ2n) is 4.01. The SMILES string of the molecule is COc1ncccc1C(Cc1ccccc1)NN. The molecule has 0 saturated heterocycles.